The largest absolute Gasteiger partial charge is 0.464 e. The third-order valence-corrected chi connectivity index (χ3v) is 3.53. The lowest BCUT2D eigenvalue weighted by molar-refractivity contribution is -0.162. The topological polar surface area (TPSA) is 65.1 Å². The van der Waals surface area contributed by atoms with Crippen molar-refractivity contribution in [2.45, 2.75) is 47.1 Å². The molecule has 0 bridgehead atoms. The Balaban J connectivity index is 4.11. The first-order valence-electron chi connectivity index (χ1n) is 8.20. The maximum Gasteiger partial charge on any atom is 0.313 e. The molecule has 0 amide bonds. The van der Waals surface area contributed by atoms with Crippen molar-refractivity contribution in [3.63, 3.8) is 0 Å². The van der Waals surface area contributed by atoms with Gasteiger partial charge >= 0.3 is 11.9 Å². The highest BCUT2D eigenvalue weighted by Crippen LogP contribution is 2.19. The number of nitrogens with zero attached hydrogens (tertiary/aromatic N) is 1. The number of hydrogen-bond acceptors (Lipinski definition) is 6. The second-order valence-electron chi connectivity index (χ2n) is 6.88. The summed E-state index contributed by atoms with van der Waals surface area (Å²) in [6, 6.07) is 0. The number of rotatable bonds is 11. The van der Waals surface area contributed by atoms with E-state index in [4.69, 9.17) is 14.2 Å². The maximum atomic E-state index is 12.0. The van der Waals surface area contributed by atoms with Crippen molar-refractivity contribution in [3.8, 4) is 0 Å². The Hall–Kier alpha value is -1.14. The third-order valence-electron chi connectivity index (χ3n) is 3.53. The highest BCUT2D eigenvalue weighted by atomic mass is 16.6. The van der Waals surface area contributed by atoms with Gasteiger partial charge in [-0.15, -0.1) is 0 Å². The Morgan fingerprint density at radius 2 is 1.74 bits per heavy atom. The van der Waals surface area contributed by atoms with Gasteiger partial charge < -0.3 is 19.1 Å². The van der Waals surface area contributed by atoms with Gasteiger partial charge in [-0.1, -0.05) is 13.8 Å². The number of hydrogen-bond donors (Lipinski definition) is 0. The van der Waals surface area contributed by atoms with Gasteiger partial charge in [0, 0.05) is 6.54 Å². The lowest BCUT2D eigenvalue weighted by Gasteiger charge is -2.25. The van der Waals surface area contributed by atoms with E-state index in [2.05, 4.69) is 0 Å². The summed E-state index contributed by atoms with van der Waals surface area (Å²) in [5.74, 6) is -0.612. The monoisotopic (exact) mass is 331 g/mol. The quantitative estimate of drug-likeness (QED) is 0.540. The molecule has 0 N–H and O–H groups in total. The van der Waals surface area contributed by atoms with Gasteiger partial charge in [0.2, 0.25) is 0 Å². The molecule has 0 saturated carbocycles. The summed E-state index contributed by atoms with van der Waals surface area (Å²) in [7, 11) is 3.84. The molecule has 0 rings (SSSR count). The van der Waals surface area contributed by atoms with Crippen molar-refractivity contribution >= 4 is 11.9 Å². The van der Waals surface area contributed by atoms with Crippen LogP contribution in [0.5, 0.6) is 0 Å². The van der Waals surface area contributed by atoms with Crippen molar-refractivity contribution in [2.24, 2.45) is 11.3 Å². The zero-order valence-electron chi connectivity index (χ0n) is 15.7. The van der Waals surface area contributed by atoms with Crippen LogP contribution < -0.4 is 0 Å². The summed E-state index contributed by atoms with van der Waals surface area (Å²) in [6.45, 7) is 10.6. The van der Waals surface area contributed by atoms with Crippen molar-refractivity contribution in [1.82, 2.24) is 4.90 Å². The zero-order valence-corrected chi connectivity index (χ0v) is 15.7. The fourth-order valence-electron chi connectivity index (χ4n) is 1.48. The van der Waals surface area contributed by atoms with Crippen LogP contribution >= 0.6 is 0 Å². The summed E-state index contributed by atoms with van der Waals surface area (Å²) in [5.41, 5.74) is -0.735. The minimum absolute atomic E-state index is 0.106. The normalized spacial score (nSPS) is 14.4. The molecule has 0 spiro atoms. The summed E-state index contributed by atoms with van der Waals surface area (Å²) in [4.78, 5) is 25.6. The van der Waals surface area contributed by atoms with Crippen LogP contribution in [0.1, 0.15) is 41.0 Å². The van der Waals surface area contributed by atoms with Gasteiger partial charge in [-0.25, -0.2) is 0 Å². The minimum Gasteiger partial charge on any atom is -0.464 e. The molecule has 2 atom stereocenters. The first kappa shape index (κ1) is 21.9. The van der Waals surface area contributed by atoms with Crippen molar-refractivity contribution in [3.05, 3.63) is 0 Å². The molecule has 136 valence electrons. The van der Waals surface area contributed by atoms with E-state index < -0.39 is 5.41 Å². The summed E-state index contributed by atoms with van der Waals surface area (Å²) < 4.78 is 16.1. The van der Waals surface area contributed by atoms with E-state index in [9.17, 15) is 9.59 Å². The van der Waals surface area contributed by atoms with Gasteiger partial charge in [-0.2, -0.15) is 0 Å². The molecule has 6 nitrogen and oxygen atoms in total. The predicted molar refractivity (Wildman–Crippen MR) is 89.1 cm³/mol. The van der Waals surface area contributed by atoms with Crippen LogP contribution in [0.2, 0.25) is 0 Å². The molecule has 0 aromatic carbocycles. The van der Waals surface area contributed by atoms with E-state index in [0.717, 1.165) is 6.42 Å². The number of carbonyl (C=O) groups excluding carboxylic acids is 2. The average molecular weight is 331 g/mol. The molecule has 0 saturated heterocycles. The lowest BCUT2D eigenvalue weighted by atomic mass is 9.95. The van der Waals surface area contributed by atoms with E-state index in [-0.39, 0.29) is 37.2 Å². The van der Waals surface area contributed by atoms with Crippen molar-refractivity contribution < 1.29 is 23.8 Å². The van der Waals surface area contributed by atoms with Gasteiger partial charge in [0.25, 0.3) is 0 Å². The SMILES string of the molecule is CCC(C)C(=O)OCC(C)OCC(C)(C)C(=O)OCCN(C)C. The standard InChI is InChI=1S/C17H33NO5/c1-8-13(2)15(19)22-11-14(3)23-12-17(4,5)16(20)21-10-9-18(6)7/h13-14H,8-12H2,1-7H3. The van der Waals surface area contributed by atoms with Crippen molar-refractivity contribution in [2.75, 3.05) is 40.5 Å². The molecule has 0 aromatic rings. The van der Waals surface area contributed by atoms with Gasteiger partial charge in [0.15, 0.2) is 0 Å². The van der Waals surface area contributed by atoms with Crippen LogP contribution in [-0.2, 0) is 23.8 Å². The van der Waals surface area contributed by atoms with E-state index in [1.54, 1.807) is 13.8 Å². The van der Waals surface area contributed by atoms with E-state index in [1.165, 1.54) is 0 Å². The van der Waals surface area contributed by atoms with Crippen LogP contribution in [0.15, 0.2) is 0 Å². The number of likely N-dealkylation sites (N-methyl/N-ethyl adjacent to an activating group) is 1. The summed E-state index contributed by atoms with van der Waals surface area (Å²) in [6.07, 6.45) is 0.483. The fraction of sp³-hybridized carbons (Fsp3) is 0.882. The number of ether oxygens (including phenoxy) is 3. The molecule has 0 aliphatic rings. The Labute approximate surface area is 140 Å². The van der Waals surface area contributed by atoms with E-state index in [0.29, 0.717) is 13.2 Å². The van der Waals surface area contributed by atoms with Crippen LogP contribution in [-0.4, -0.2) is 63.4 Å². The fourth-order valence-corrected chi connectivity index (χ4v) is 1.48. The first-order valence-corrected chi connectivity index (χ1v) is 8.20. The van der Waals surface area contributed by atoms with Crippen LogP contribution in [0.25, 0.3) is 0 Å². The molecule has 0 heterocycles. The van der Waals surface area contributed by atoms with Gasteiger partial charge in [0.1, 0.15) is 13.2 Å². The summed E-state index contributed by atoms with van der Waals surface area (Å²) >= 11 is 0. The third kappa shape index (κ3) is 9.56. The van der Waals surface area contributed by atoms with E-state index >= 15 is 0 Å². The lowest BCUT2D eigenvalue weighted by Crippen LogP contribution is -2.35. The number of carbonyl (C=O) groups is 2. The van der Waals surface area contributed by atoms with Gasteiger partial charge in [-0.3, -0.25) is 9.59 Å². The van der Waals surface area contributed by atoms with Crippen LogP contribution in [0, 0.1) is 11.3 Å². The molecule has 0 aliphatic carbocycles. The average Bonchev–Trinajstić information content (AvgIpc) is 2.49. The molecule has 0 aromatic heterocycles. The first-order chi connectivity index (χ1) is 10.6. The van der Waals surface area contributed by atoms with Crippen LogP contribution in [0.4, 0.5) is 0 Å². The zero-order chi connectivity index (χ0) is 18.0. The Kier molecular flexibility index (Phi) is 10.1. The molecule has 0 fully saturated rings. The van der Waals surface area contributed by atoms with E-state index in [1.807, 2.05) is 39.8 Å². The van der Waals surface area contributed by atoms with Crippen LogP contribution in [0.3, 0.4) is 0 Å². The molecular weight excluding hydrogens is 298 g/mol. The second-order valence-corrected chi connectivity index (χ2v) is 6.88. The molecule has 0 aliphatic heterocycles. The molecule has 0 radical (unpaired) electrons. The minimum atomic E-state index is -0.735. The van der Waals surface area contributed by atoms with Gasteiger partial charge in [-0.05, 0) is 41.3 Å². The Bertz CT molecular complexity index is 368. The molecule has 6 heteroatoms. The molecule has 2 unspecified atom stereocenters. The molecule has 23 heavy (non-hydrogen) atoms. The second kappa shape index (κ2) is 10.6. The highest BCUT2D eigenvalue weighted by Gasteiger charge is 2.30. The van der Waals surface area contributed by atoms with Crippen molar-refractivity contribution in [1.29, 1.82) is 0 Å². The summed E-state index contributed by atoms with van der Waals surface area (Å²) in [5, 5.41) is 0. The Morgan fingerprint density at radius 1 is 1.13 bits per heavy atom. The Morgan fingerprint density at radius 3 is 2.26 bits per heavy atom. The highest BCUT2D eigenvalue weighted by molar-refractivity contribution is 5.76. The predicted octanol–water partition coefficient (Wildman–Crippen LogP) is 2.11. The maximum absolute atomic E-state index is 12.0. The molecular formula is C17H33NO5. The van der Waals surface area contributed by atoms with Gasteiger partial charge in [0.05, 0.1) is 24.0 Å². The number of esters is 2. The smallest absolute Gasteiger partial charge is 0.313 e.